The smallest absolute Gasteiger partial charge is 0.0702 e. The summed E-state index contributed by atoms with van der Waals surface area (Å²) in [6.45, 7) is 4.90. The lowest BCUT2D eigenvalue weighted by Crippen LogP contribution is -2.40. The molecule has 164 valence electrons. The van der Waals surface area contributed by atoms with Crippen LogP contribution in [0, 0.1) is 5.92 Å². The summed E-state index contributed by atoms with van der Waals surface area (Å²) < 4.78 is 0. The van der Waals surface area contributed by atoms with Crippen LogP contribution in [0.15, 0.2) is 72.9 Å². The molecule has 0 bridgehead atoms. The van der Waals surface area contributed by atoms with Crippen molar-refractivity contribution in [2.75, 3.05) is 13.1 Å². The molecule has 0 saturated carbocycles. The van der Waals surface area contributed by atoms with Gasteiger partial charge in [0.15, 0.2) is 0 Å². The van der Waals surface area contributed by atoms with E-state index in [1.807, 2.05) is 30.5 Å². The van der Waals surface area contributed by atoms with E-state index in [4.69, 9.17) is 16.6 Å². The third-order valence-corrected chi connectivity index (χ3v) is 7.37. The number of piperidine rings is 1. The van der Waals surface area contributed by atoms with E-state index >= 15 is 0 Å². The molecule has 1 aliphatic heterocycles. The molecular weight excluding hydrogens is 412 g/mol. The maximum Gasteiger partial charge on any atom is 0.0702 e. The number of hydrogen-bond donors (Lipinski definition) is 0. The third-order valence-electron chi connectivity index (χ3n) is 7.12. The SMILES string of the molecule is CC1CCN(C2C=C(c3ccc(-c4ccc(-c5ccc(Cl)cc5)cn4)cc3)CCC2)CC1. The molecule has 1 aliphatic carbocycles. The average molecular weight is 443 g/mol. The predicted molar refractivity (Wildman–Crippen MR) is 136 cm³/mol. The van der Waals surface area contributed by atoms with Crippen LogP contribution in [-0.2, 0) is 0 Å². The molecule has 0 radical (unpaired) electrons. The number of likely N-dealkylation sites (tertiary alicyclic amines) is 1. The average Bonchev–Trinajstić information content (AvgIpc) is 2.85. The van der Waals surface area contributed by atoms with Gasteiger partial charge in [0.25, 0.3) is 0 Å². The van der Waals surface area contributed by atoms with Crippen molar-refractivity contribution < 1.29 is 0 Å². The minimum absolute atomic E-state index is 0.619. The molecule has 32 heavy (non-hydrogen) atoms. The quantitative estimate of drug-likeness (QED) is 0.410. The predicted octanol–water partition coefficient (Wildman–Crippen LogP) is 7.74. The van der Waals surface area contributed by atoms with E-state index in [2.05, 4.69) is 54.3 Å². The topological polar surface area (TPSA) is 16.1 Å². The normalized spacial score (nSPS) is 20.2. The van der Waals surface area contributed by atoms with Gasteiger partial charge in [-0.2, -0.15) is 0 Å². The van der Waals surface area contributed by atoms with Gasteiger partial charge in [-0.1, -0.05) is 67.1 Å². The number of nitrogens with zero attached hydrogens (tertiary/aromatic N) is 2. The maximum atomic E-state index is 6.00. The van der Waals surface area contributed by atoms with Gasteiger partial charge in [-0.15, -0.1) is 0 Å². The lowest BCUT2D eigenvalue weighted by atomic mass is 9.88. The minimum Gasteiger partial charge on any atom is -0.297 e. The molecule has 3 heteroatoms. The monoisotopic (exact) mass is 442 g/mol. The molecule has 2 aromatic carbocycles. The van der Waals surface area contributed by atoms with Crippen LogP contribution in [0.25, 0.3) is 28.0 Å². The number of aromatic nitrogens is 1. The molecule has 5 rings (SSSR count). The molecule has 1 atom stereocenters. The number of rotatable bonds is 4. The van der Waals surface area contributed by atoms with Crippen molar-refractivity contribution in [3.63, 3.8) is 0 Å². The van der Waals surface area contributed by atoms with E-state index in [0.29, 0.717) is 6.04 Å². The van der Waals surface area contributed by atoms with Gasteiger partial charge in [0, 0.05) is 28.4 Å². The van der Waals surface area contributed by atoms with Gasteiger partial charge in [0.1, 0.15) is 0 Å². The number of pyridine rings is 1. The van der Waals surface area contributed by atoms with Crippen molar-refractivity contribution >= 4 is 17.2 Å². The highest BCUT2D eigenvalue weighted by Gasteiger charge is 2.24. The van der Waals surface area contributed by atoms with Crippen molar-refractivity contribution in [1.82, 2.24) is 9.88 Å². The first kappa shape index (κ1) is 21.4. The van der Waals surface area contributed by atoms with Crippen LogP contribution >= 0.6 is 11.6 Å². The molecule has 0 N–H and O–H groups in total. The second kappa shape index (κ2) is 9.60. The first-order valence-corrected chi connectivity index (χ1v) is 12.3. The van der Waals surface area contributed by atoms with Gasteiger partial charge >= 0.3 is 0 Å². The Morgan fingerprint density at radius 3 is 2.12 bits per heavy atom. The molecule has 2 heterocycles. The zero-order valence-corrected chi connectivity index (χ0v) is 19.6. The van der Waals surface area contributed by atoms with E-state index in [1.165, 1.54) is 56.3 Å². The molecule has 3 aromatic rings. The number of halogens is 1. The van der Waals surface area contributed by atoms with Gasteiger partial charge in [0.2, 0.25) is 0 Å². The highest BCUT2D eigenvalue weighted by atomic mass is 35.5. The second-order valence-electron chi connectivity index (χ2n) is 9.39. The van der Waals surface area contributed by atoms with Crippen molar-refractivity contribution in [3.8, 4) is 22.4 Å². The summed E-state index contributed by atoms with van der Waals surface area (Å²) in [7, 11) is 0. The van der Waals surface area contributed by atoms with Crippen molar-refractivity contribution in [1.29, 1.82) is 0 Å². The second-order valence-corrected chi connectivity index (χ2v) is 9.82. The third kappa shape index (κ3) is 4.82. The van der Waals surface area contributed by atoms with E-state index in [9.17, 15) is 0 Å². The van der Waals surface area contributed by atoms with Gasteiger partial charge in [0.05, 0.1) is 5.69 Å². The zero-order valence-electron chi connectivity index (χ0n) is 18.8. The van der Waals surface area contributed by atoms with Crippen molar-refractivity contribution in [2.24, 2.45) is 5.92 Å². The summed E-state index contributed by atoms with van der Waals surface area (Å²) in [6, 6.07) is 21.7. The zero-order chi connectivity index (χ0) is 21.9. The highest BCUT2D eigenvalue weighted by molar-refractivity contribution is 6.30. The first-order valence-electron chi connectivity index (χ1n) is 11.9. The Hall–Kier alpha value is -2.42. The molecule has 1 aromatic heterocycles. The summed E-state index contributed by atoms with van der Waals surface area (Å²) >= 11 is 6.00. The van der Waals surface area contributed by atoms with E-state index in [-0.39, 0.29) is 0 Å². The van der Waals surface area contributed by atoms with Gasteiger partial charge in [-0.3, -0.25) is 9.88 Å². The van der Waals surface area contributed by atoms with Crippen LogP contribution in [-0.4, -0.2) is 29.0 Å². The Kier molecular flexibility index (Phi) is 6.43. The Bertz CT molecular complexity index is 1060. The lowest BCUT2D eigenvalue weighted by Gasteiger charge is -2.37. The molecular formula is C29H31ClN2. The summed E-state index contributed by atoms with van der Waals surface area (Å²) in [4.78, 5) is 7.42. The van der Waals surface area contributed by atoms with E-state index < -0.39 is 0 Å². The van der Waals surface area contributed by atoms with Crippen LogP contribution in [0.5, 0.6) is 0 Å². The molecule has 0 amide bonds. The Morgan fingerprint density at radius 2 is 1.44 bits per heavy atom. The molecule has 1 fully saturated rings. The van der Waals surface area contributed by atoms with Crippen LogP contribution in [0.3, 0.4) is 0 Å². The maximum absolute atomic E-state index is 6.00. The molecule has 0 spiro atoms. The van der Waals surface area contributed by atoms with E-state index in [1.54, 1.807) is 0 Å². The molecule has 1 saturated heterocycles. The van der Waals surface area contributed by atoms with Crippen LogP contribution in [0.2, 0.25) is 5.02 Å². The van der Waals surface area contributed by atoms with Gasteiger partial charge in [-0.05, 0) is 86.0 Å². The summed E-state index contributed by atoms with van der Waals surface area (Å²) in [5.41, 5.74) is 7.28. The van der Waals surface area contributed by atoms with Crippen LogP contribution in [0.4, 0.5) is 0 Å². The number of benzene rings is 2. The lowest BCUT2D eigenvalue weighted by molar-refractivity contribution is 0.152. The highest BCUT2D eigenvalue weighted by Crippen LogP contribution is 2.32. The van der Waals surface area contributed by atoms with E-state index in [0.717, 1.165) is 33.3 Å². The largest absolute Gasteiger partial charge is 0.297 e. The van der Waals surface area contributed by atoms with Crippen molar-refractivity contribution in [2.45, 2.75) is 45.1 Å². The van der Waals surface area contributed by atoms with Crippen LogP contribution in [0.1, 0.15) is 44.6 Å². The standard InChI is InChI=1S/C29H31ClN2/c1-21-15-17-32(18-16-21)28-4-2-3-25(19-28)22-5-7-24(8-6-22)29-14-11-26(20-31-29)23-9-12-27(30)13-10-23/h5-14,19-21,28H,2-4,15-18H2,1H3. The fraction of sp³-hybridized carbons (Fsp3) is 0.345. The number of hydrogen-bond acceptors (Lipinski definition) is 2. The fourth-order valence-electron chi connectivity index (χ4n) is 5.02. The summed E-state index contributed by atoms with van der Waals surface area (Å²) in [5.74, 6) is 0.889. The van der Waals surface area contributed by atoms with Gasteiger partial charge in [-0.25, -0.2) is 0 Å². The molecule has 1 unspecified atom stereocenters. The first-order chi connectivity index (χ1) is 15.7. The molecule has 2 nitrogen and oxygen atoms in total. The molecule has 2 aliphatic rings. The Balaban J connectivity index is 1.30. The summed E-state index contributed by atoms with van der Waals surface area (Å²) in [6.07, 6.45) is 11.0. The van der Waals surface area contributed by atoms with Gasteiger partial charge < -0.3 is 0 Å². The van der Waals surface area contributed by atoms with Crippen LogP contribution < -0.4 is 0 Å². The minimum atomic E-state index is 0.619. The van der Waals surface area contributed by atoms with Crippen molar-refractivity contribution in [3.05, 3.63) is 83.5 Å². The summed E-state index contributed by atoms with van der Waals surface area (Å²) in [5, 5.41) is 0.753. The fourth-order valence-corrected chi connectivity index (χ4v) is 5.15. The number of allylic oxidation sites excluding steroid dienone is 1. The Morgan fingerprint density at radius 1 is 0.781 bits per heavy atom. The Labute approximate surface area is 197 Å².